The van der Waals surface area contributed by atoms with E-state index in [4.69, 9.17) is 9.47 Å². The van der Waals surface area contributed by atoms with E-state index in [-0.39, 0.29) is 5.97 Å². The molecule has 0 heterocycles. The van der Waals surface area contributed by atoms with Gasteiger partial charge in [-0.3, -0.25) is 4.90 Å². The molecule has 94 valence electrons. The zero-order valence-electron chi connectivity index (χ0n) is 10.4. The van der Waals surface area contributed by atoms with Crippen molar-refractivity contribution in [2.75, 3.05) is 28.3 Å². The van der Waals surface area contributed by atoms with Crippen LogP contribution in [0.3, 0.4) is 0 Å². The second kappa shape index (κ2) is 6.02. The number of hydrogen-bond acceptors (Lipinski definition) is 4. The molecule has 0 radical (unpaired) electrons. The highest BCUT2D eigenvalue weighted by Gasteiger charge is 2.24. The Morgan fingerprint density at radius 2 is 2.00 bits per heavy atom. The lowest BCUT2D eigenvalue weighted by atomic mass is 10.1. The summed E-state index contributed by atoms with van der Waals surface area (Å²) in [6.07, 6.45) is 0. The average molecular weight is 302 g/mol. The van der Waals surface area contributed by atoms with Crippen molar-refractivity contribution in [2.24, 2.45) is 0 Å². The number of rotatable bonds is 4. The maximum absolute atomic E-state index is 11.7. The van der Waals surface area contributed by atoms with Gasteiger partial charge in [-0.05, 0) is 47.7 Å². The summed E-state index contributed by atoms with van der Waals surface area (Å²) in [5, 5.41) is 0. The van der Waals surface area contributed by atoms with Crippen LogP contribution in [-0.2, 0) is 9.53 Å². The molecule has 0 spiro atoms. The second-order valence-electron chi connectivity index (χ2n) is 3.78. The Hall–Kier alpha value is -1.07. The number of halogens is 1. The lowest BCUT2D eigenvalue weighted by molar-refractivity contribution is -0.146. The van der Waals surface area contributed by atoms with Crippen LogP contribution in [0.25, 0.3) is 0 Å². The van der Waals surface area contributed by atoms with Crippen molar-refractivity contribution in [2.45, 2.75) is 6.04 Å². The number of likely N-dealkylation sites (N-methyl/N-ethyl adjacent to an activating group) is 1. The zero-order valence-corrected chi connectivity index (χ0v) is 11.9. The molecule has 0 saturated carbocycles. The predicted octanol–water partition coefficient (Wildman–Crippen LogP) is 2.23. The third kappa shape index (κ3) is 3.20. The van der Waals surface area contributed by atoms with Gasteiger partial charge in [0.05, 0.1) is 18.7 Å². The van der Waals surface area contributed by atoms with Crippen LogP contribution >= 0.6 is 15.9 Å². The van der Waals surface area contributed by atoms with E-state index in [1.54, 1.807) is 12.0 Å². The predicted molar refractivity (Wildman–Crippen MR) is 69.1 cm³/mol. The van der Waals surface area contributed by atoms with Gasteiger partial charge in [-0.25, -0.2) is 4.79 Å². The molecule has 4 nitrogen and oxygen atoms in total. The van der Waals surface area contributed by atoms with Gasteiger partial charge >= 0.3 is 5.97 Å². The van der Waals surface area contributed by atoms with Crippen LogP contribution in [0.15, 0.2) is 22.7 Å². The molecule has 0 saturated heterocycles. The molecule has 0 amide bonds. The van der Waals surface area contributed by atoms with Crippen LogP contribution < -0.4 is 4.74 Å². The summed E-state index contributed by atoms with van der Waals surface area (Å²) in [5.74, 6) is 0.447. The van der Waals surface area contributed by atoms with Crippen molar-refractivity contribution in [1.29, 1.82) is 0 Å². The average Bonchev–Trinajstić information content (AvgIpc) is 2.28. The van der Waals surface area contributed by atoms with Crippen molar-refractivity contribution in [3.05, 3.63) is 28.2 Å². The van der Waals surface area contributed by atoms with Crippen LogP contribution in [0, 0.1) is 0 Å². The van der Waals surface area contributed by atoms with Gasteiger partial charge < -0.3 is 9.47 Å². The summed E-state index contributed by atoms with van der Waals surface area (Å²) in [6, 6.07) is 5.12. The highest BCUT2D eigenvalue weighted by atomic mass is 79.9. The number of nitrogens with zero attached hydrogens (tertiary/aromatic N) is 1. The first-order chi connectivity index (χ1) is 8.01. The molecule has 1 aromatic carbocycles. The molecule has 0 aliphatic heterocycles. The van der Waals surface area contributed by atoms with Crippen LogP contribution in [0.2, 0.25) is 0 Å². The number of methoxy groups -OCH3 is 2. The third-order valence-corrected chi connectivity index (χ3v) is 3.05. The standard InChI is InChI=1S/C12H16BrNO3/c1-14(2)11(12(15)17-4)8-5-6-10(16-3)9(13)7-8/h5-7,11H,1-4H3. The van der Waals surface area contributed by atoms with Gasteiger partial charge in [-0.2, -0.15) is 0 Å². The molecule has 0 N–H and O–H groups in total. The molecule has 0 fully saturated rings. The molecule has 1 aromatic rings. The van der Waals surface area contributed by atoms with Gasteiger partial charge in [0.1, 0.15) is 11.8 Å². The van der Waals surface area contributed by atoms with Gasteiger partial charge in [-0.15, -0.1) is 0 Å². The summed E-state index contributed by atoms with van der Waals surface area (Å²) in [6.45, 7) is 0. The van der Waals surface area contributed by atoms with Gasteiger partial charge in [0, 0.05) is 0 Å². The highest BCUT2D eigenvalue weighted by Crippen LogP contribution is 2.29. The molecule has 1 rings (SSSR count). The van der Waals surface area contributed by atoms with Crippen molar-refractivity contribution in [3.63, 3.8) is 0 Å². The molecular weight excluding hydrogens is 286 g/mol. The summed E-state index contributed by atoms with van der Waals surface area (Å²) in [7, 11) is 6.65. The Bertz CT molecular complexity index is 407. The van der Waals surface area contributed by atoms with E-state index in [9.17, 15) is 4.79 Å². The third-order valence-electron chi connectivity index (χ3n) is 2.43. The maximum Gasteiger partial charge on any atom is 0.327 e. The first-order valence-electron chi connectivity index (χ1n) is 5.09. The maximum atomic E-state index is 11.7. The molecular formula is C12H16BrNO3. The van der Waals surface area contributed by atoms with E-state index in [0.717, 1.165) is 15.8 Å². The Morgan fingerprint density at radius 3 is 2.41 bits per heavy atom. The Kier molecular flexibility index (Phi) is 4.96. The van der Waals surface area contributed by atoms with E-state index >= 15 is 0 Å². The molecule has 0 aliphatic carbocycles. The van der Waals surface area contributed by atoms with E-state index in [1.165, 1.54) is 7.11 Å². The first kappa shape index (κ1) is 14.0. The van der Waals surface area contributed by atoms with Crippen LogP contribution in [0.1, 0.15) is 11.6 Å². The Morgan fingerprint density at radius 1 is 1.35 bits per heavy atom. The molecule has 0 aliphatic rings. The van der Waals surface area contributed by atoms with Gasteiger partial charge in [0.15, 0.2) is 0 Å². The van der Waals surface area contributed by atoms with E-state index in [2.05, 4.69) is 15.9 Å². The molecule has 5 heteroatoms. The lowest BCUT2D eigenvalue weighted by Gasteiger charge is -2.22. The van der Waals surface area contributed by atoms with Crippen molar-refractivity contribution in [3.8, 4) is 5.75 Å². The van der Waals surface area contributed by atoms with Crippen molar-refractivity contribution in [1.82, 2.24) is 4.90 Å². The minimum atomic E-state index is -0.415. The smallest absolute Gasteiger partial charge is 0.327 e. The van der Waals surface area contributed by atoms with Crippen LogP contribution in [0.4, 0.5) is 0 Å². The van der Waals surface area contributed by atoms with Gasteiger partial charge in [-0.1, -0.05) is 6.07 Å². The monoisotopic (exact) mass is 301 g/mol. The summed E-state index contributed by atoms with van der Waals surface area (Å²) >= 11 is 3.40. The zero-order chi connectivity index (χ0) is 13.0. The highest BCUT2D eigenvalue weighted by molar-refractivity contribution is 9.10. The van der Waals surface area contributed by atoms with Crippen LogP contribution in [-0.4, -0.2) is 39.2 Å². The fraction of sp³-hybridized carbons (Fsp3) is 0.417. The largest absolute Gasteiger partial charge is 0.496 e. The summed E-state index contributed by atoms with van der Waals surface area (Å²) < 4.78 is 10.8. The Balaban J connectivity index is 3.11. The number of carbonyl (C=O) groups excluding carboxylic acids is 1. The van der Waals surface area contributed by atoms with E-state index in [0.29, 0.717) is 0 Å². The molecule has 0 aromatic heterocycles. The fourth-order valence-corrected chi connectivity index (χ4v) is 2.17. The number of carbonyl (C=O) groups is 1. The van der Waals surface area contributed by atoms with Crippen LogP contribution in [0.5, 0.6) is 5.75 Å². The summed E-state index contributed by atoms with van der Waals surface area (Å²) in [5.41, 5.74) is 0.856. The van der Waals surface area contributed by atoms with Gasteiger partial charge in [0.2, 0.25) is 0 Å². The summed E-state index contributed by atoms with van der Waals surface area (Å²) in [4.78, 5) is 13.5. The van der Waals surface area contributed by atoms with Crippen molar-refractivity contribution < 1.29 is 14.3 Å². The van der Waals surface area contributed by atoms with Crippen molar-refractivity contribution >= 4 is 21.9 Å². The fourth-order valence-electron chi connectivity index (χ4n) is 1.61. The van der Waals surface area contributed by atoms with Gasteiger partial charge in [0.25, 0.3) is 0 Å². The lowest BCUT2D eigenvalue weighted by Crippen LogP contribution is -2.28. The Labute approximate surface area is 110 Å². The van der Waals surface area contributed by atoms with E-state index in [1.807, 2.05) is 32.3 Å². The second-order valence-corrected chi connectivity index (χ2v) is 4.64. The molecule has 1 atom stereocenters. The first-order valence-corrected chi connectivity index (χ1v) is 5.88. The number of hydrogen-bond donors (Lipinski definition) is 0. The normalized spacial score (nSPS) is 12.4. The number of esters is 1. The molecule has 1 unspecified atom stereocenters. The minimum Gasteiger partial charge on any atom is -0.496 e. The topological polar surface area (TPSA) is 38.8 Å². The number of ether oxygens (including phenoxy) is 2. The molecule has 0 bridgehead atoms. The SMILES string of the molecule is COC(=O)C(c1ccc(OC)c(Br)c1)N(C)C. The quantitative estimate of drug-likeness (QED) is 0.800. The van der Waals surface area contributed by atoms with E-state index < -0.39 is 6.04 Å². The minimum absolute atomic E-state index is 0.285. The molecule has 17 heavy (non-hydrogen) atoms. The number of benzene rings is 1.